The second-order valence-electron chi connectivity index (χ2n) is 5.57. The molecular weight excluding hydrogens is 310 g/mol. The number of allylic oxidation sites excluding steroid dienone is 1. The van der Waals surface area contributed by atoms with E-state index in [9.17, 15) is 0 Å². The Morgan fingerprint density at radius 3 is 2.70 bits per heavy atom. The van der Waals surface area contributed by atoms with Crippen LogP contribution >= 0.6 is 11.6 Å². The highest BCUT2D eigenvalue weighted by Crippen LogP contribution is 2.19. The number of rotatable bonds is 6. The number of quaternary nitrogens is 1. The van der Waals surface area contributed by atoms with Gasteiger partial charge in [-0.15, -0.1) is 0 Å². The maximum absolute atomic E-state index is 8.45. The number of ether oxygens (including phenoxy) is 1. The second-order valence-corrected chi connectivity index (χ2v) is 5.96. The summed E-state index contributed by atoms with van der Waals surface area (Å²) < 4.78 is 5.91. The first kappa shape index (κ1) is 15.7. The summed E-state index contributed by atoms with van der Waals surface area (Å²) in [5.41, 5.74) is 1.18. The number of hydrogen-bond donors (Lipinski definition) is 2. The van der Waals surface area contributed by atoms with Gasteiger partial charge in [0.05, 0.1) is 6.04 Å². The van der Waals surface area contributed by atoms with Crippen LogP contribution in [0.4, 0.5) is 0 Å². The van der Waals surface area contributed by atoms with Gasteiger partial charge >= 0.3 is 0 Å². The third-order valence-electron chi connectivity index (χ3n) is 3.90. The first-order valence-corrected chi connectivity index (χ1v) is 8.09. The maximum Gasteiger partial charge on any atom is 0.205 e. The van der Waals surface area contributed by atoms with Gasteiger partial charge in [0.25, 0.3) is 0 Å². The van der Waals surface area contributed by atoms with Crippen molar-refractivity contribution in [2.45, 2.75) is 25.3 Å². The number of nitrogens with zero attached hydrogens (tertiary/aromatic N) is 1. The third kappa shape index (κ3) is 4.18. The summed E-state index contributed by atoms with van der Waals surface area (Å²) in [7, 11) is 0. The summed E-state index contributed by atoms with van der Waals surface area (Å²) in [5, 5.41) is 11.0. The van der Waals surface area contributed by atoms with Crippen LogP contribution in [0.25, 0.3) is 0 Å². The van der Waals surface area contributed by atoms with E-state index in [2.05, 4.69) is 10.3 Å². The van der Waals surface area contributed by atoms with E-state index in [0.717, 1.165) is 5.56 Å². The Balaban J connectivity index is 1.82. The van der Waals surface area contributed by atoms with Gasteiger partial charge in [0, 0.05) is 17.8 Å². The number of hydrogen-bond acceptors (Lipinski definition) is 3. The molecule has 1 aromatic heterocycles. The summed E-state index contributed by atoms with van der Waals surface area (Å²) in [4.78, 5) is 3.95. The molecule has 5 heteroatoms. The normalized spacial score (nSPS) is 15.1. The zero-order valence-electron chi connectivity index (χ0n) is 12.7. The van der Waals surface area contributed by atoms with Gasteiger partial charge in [0.2, 0.25) is 5.76 Å². The van der Waals surface area contributed by atoms with Gasteiger partial charge in [-0.2, -0.15) is 0 Å². The van der Waals surface area contributed by atoms with E-state index in [-0.39, 0.29) is 0 Å². The van der Waals surface area contributed by atoms with Crippen molar-refractivity contribution in [2.24, 2.45) is 0 Å². The van der Waals surface area contributed by atoms with Crippen molar-refractivity contribution in [1.29, 1.82) is 5.41 Å². The van der Waals surface area contributed by atoms with Crippen LogP contribution in [0, 0.1) is 5.41 Å². The summed E-state index contributed by atoms with van der Waals surface area (Å²) in [5.74, 6) is 1.10. The quantitative estimate of drug-likeness (QED) is 0.486. The van der Waals surface area contributed by atoms with Crippen molar-refractivity contribution >= 4 is 17.3 Å². The van der Waals surface area contributed by atoms with Crippen LogP contribution in [0.15, 0.2) is 60.6 Å². The molecule has 0 radical (unpaired) electrons. The van der Waals surface area contributed by atoms with Gasteiger partial charge < -0.3 is 10.1 Å². The summed E-state index contributed by atoms with van der Waals surface area (Å²) >= 11 is 5.91. The van der Waals surface area contributed by atoms with E-state index in [1.54, 1.807) is 18.3 Å². The molecule has 1 aliphatic carbocycles. The smallest absolute Gasteiger partial charge is 0.205 e. The highest BCUT2D eigenvalue weighted by molar-refractivity contribution is 6.29. The molecule has 0 unspecified atom stereocenters. The second kappa shape index (κ2) is 7.40. The number of halogens is 1. The lowest BCUT2D eigenvalue weighted by molar-refractivity contribution is -0.638. The number of nitrogens with two attached hydrogens (primary N) is 1. The Hall–Kier alpha value is -2.17. The van der Waals surface area contributed by atoms with Gasteiger partial charge in [-0.25, -0.2) is 4.98 Å². The van der Waals surface area contributed by atoms with Crippen LogP contribution in [-0.4, -0.2) is 16.7 Å². The Labute approximate surface area is 140 Å². The summed E-state index contributed by atoms with van der Waals surface area (Å²) in [6.07, 6.45) is 7.21. The molecule has 0 saturated heterocycles. The SMILES string of the molecule is N=C(C(=C[NH2+]C1CCC1)Oc1ccnc(Cl)c1)c1ccccc1. The highest BCUT2D eigenvalue weighted by atomic mass is 35.5. The first-order valence-electron chi connectivity index (χ1n) is 7.71. The molecule has 1 saturated carbocycles. The van der Waals surface area contributed by atoms with Gasteiger partial charge in [0.1, 0.15) is 22.8 Å². The van der Waals surface area contributed by atoms with Crippen LogP contribution in [0.3, 0.4) is 0 Å². The standard InChI is InChI=1S/C18H18ClN3O/c19-17-11-15(9-10-21-17)23-16(12-22-14-7-4-8-14)18(20)13-5-2-1-3-6-13/h1-3,5-6,9-12,14,20,22H,4,7-8H2/p+1. The van der Waals surface area contributed by atoms with Gasteiger partial charge in [-0.05, 0) is 25.3 Å². The van der Waals surface area contributed by atoms with Crippen LogP contribution in [0.1, 0.15) is 24.8 Å². The monoisotopic (exact) mass is 328 g/mol. The molecular formula is C18H19ClN3O+. The van der Waals surface area contributed by atoms with Crippen molar-refractivity contribution in [3.63, 3.8) is 0 Å². The predicted octanol–water partition coefficient (Wildman–Crippen LogP) is 3.14. The van der Waals surface area contributed by atoms with E-state index < -0.39 is 0 Å². The summed E-state index contributed by atoms with van der Waals surface area (Å²) in [6.45, 7) is 0. The first-order chi connectivity index (χ1) is 11.2. The molecule has 118 valence electrons. The fourth-order valence-electron chi connectivity index (χ4n) is 2.35. The number of benzene rings is 1. The van der Waals surface area contributed by atoms with E-state index in [0.29, 0.717) is 28.4 Å². The molecule has 3 N–H and O–H groups in total. The van der Waals surface area contributed by atoms with Gasteiger partial charge in [0.15, 0.2) is 0 Å². The average molecular weight is 329 g/mol. The molecule has 0 amide bonds. The lowest BCUT2D eigenvalue weighted by atomic mass is 9.93. The van der Waals surface area contributed by atoms with Crippen LogP contribution in [-0.2, 0) is 0 Å². The Kier molecular flexibility index (Phi) is 5.05. The van der Waals surface area contributed by atoms with Gasteiger partial charge in [-0.1, -0.05) is 41.9 Å². The molecule has 1 aromatic carbocycles. The number of nitrogens with one attached hydrogen (secondary N) is 1. The van der Waals surface area contributed by atoms with E-state index in [1.165, 1.54) is 19.3 Å². The molecule has 23 heavy (non-hydrogen) atoms. The fourth-order valence-corrected chi connectivity index (χ4v) is 2.51. The molecule has 0 bridgehead atoms. The molecule has 2 aromatic rings. The molecule has 1 fully saturated rings. The molecule has 1 heterocycles. The molecule has 1 aliphatic rings. The molecule has 0 atom stereocenters. The van der Waals surface area contributed by atoms with Crippen molar-refractivity contribution < 1.29 is 10.1 Å². The molecule has 4 nitrogen and oxygen atoms in total. The lowest BCUT2D eigenvalue weighted by Crippen LogP contribution is -2.86. The van der Waals surface area contributed by atoms with E-state index >= 15 is 0 Å². The topological polar surface area (TPSA) is 62.6 Å². The van der Waals surface area contributed by atoms with Crippen LogP contribution in [0.5, 0.6) is 5.75 Å². The molecule has 0 spiro atoms. The minimum atomic E-state index is 0.356. The lowest BCUT2D eigenvalue weighted by Gasteiger charge is -2.21. The average Bonchev–Trinajstić information content (AvgIpc) is 2.52. The van der Waals surface area contributed by atoms with Gasteiger partial charge in [-0.3, -0.25) is 5.41 Å². The fraction of sp³-hybridized carbons (Fsp3) is 0.222. The van der Waals surface area contributed by atoms with Crippen molar-refractivity contribution in [3.05, 3.63) is 71.3 Å². The molecule has 0 aliphatic heterocycles. The third-order valence-corrected chi connectivity index (χ3v) is 4.11. The van der Waals surface area contributed by atoms with Crippen molar-refractivity contribution in [1.82, 2.24) is 4.98 Å². The van der Waals surface area contributed by atoms with E-state index in [1.807, 2.05) is 36.5 Å². The number of pyridine rings is 1. The maximum atomic E-state index is 8.45. The minimum absolute atomic E-state index is 0.356. The van der Waals surface area contributed by atoms with Crippen molar-refractivity contribution in [2.75, 3.05) is 0 Å². The number of aromatic nitrogens is 1. The Bertz CT molecular complexity index is 711. The zero-order chi connectivity index (χ0) is 16.1. The predicted molar refractivity (Wildman–Crippen MR) is 90.8 cm³/mol. The zero-order valence-corrected chi connectivity index (χ0v) is 13.5. The summed E-state index contributed by atoms with van der Waals surface area (Å²) in [6, 6.07) is 13.6. The largest absolute Gasteiger partial charge is 0.449 e. The van der Waals surface area contributed by atoms with E-state index in [4.69, 9.17) is 21.7 Å². The Morgan fingerprint density at radius 1 is 1.26 bits per heavy atom. The minimum Gasteiger partial charge on any atom is -0.449 e. The van der Waals surface area contributed by atoms with Crippen LogP contribution < -0.4 is 10.1 Å². The van der Waals surface area contributed by atoms with Crippen molar-refractivity contribution in [3.8, 4) is 5.75 Å². The highest BCUT2D eigenvalue weighted by Gasteiger charge is 2.21. The van der Waals surface area contributed by atoms with Crippen LogP contribution in [0.2, 0.25) is 5.15 Å². The Morgan fingerprint density at radius 2 is 2.04 bits per heavy atom. The molecule has 3 rings (SSSR count).